The first-order valence-electron chi connectivity index (χ1n) is 5.39. The molecule has 2 aromatic heterocycles. The Labute approximate surface area is 99.1 Å². The summed E-state index contributed by atoms with van der Waals surface area (Å²) < 4.78 is 13.4. The average molecular weight is 234 g/mol. The summed E-state index contributed by atoms with van der Waals surface area (Å²) >= 11 is 0. The van der Waals surface area contributed by atoms with Crippen molar-refractivity contribution in [1.29, 1.82) is 0 Å². The number of fused-ring (bicyclic) bond motifs is 1. The Morgan fingerprint density at radius 1 is 1.41 bits per heavy atom. The summed E-state index contributed by atoms with van der Waals surface area (Å²) in [6.45, 7) is 3.18. The Bertz CT molecular complexity index is 534. The number of nitrogens with two attached hydrogens (primary N) is 1. The lowest BCUT2D eigenvalue weighted by Crippen LogP contribution is -2.24. The summed E-state index contributed by atoms with van der Waals surface area (Å²) in [5.41, 5.74) is 7.14. The normalized spacial score (nSPS) is 11.7. The first kappa shape index (κ1) is 11.6. The molecule has 17 heavy (non-hydrogen) atoms. The summed E-state index contributed by atoms with van der Waals surface area (Å²) in [5.74, 6) is 0. The predicted molar refractivity (Wildman–Crippen MR) is 67.6 cm³/mol. The molecule has 90 valence electrons. The van der Waals surface area contributed by atoms with Crippen molar-refractivity contribution < 1.29 is 4.39 Å². The van der Waals surface area contributed by atoms with Crippen LogP contribution < -0.4 is 11.1 Å². The number of hydrogen-bond donors (Lipinski definition) is 2. The summed E-state index contributed by atoms with van der Waals surface area (Å²) in [4.78, 5) is 8.38. The second kappa shape index (κ2) is 4.16. The second-order valence-corrected chi connectivity index (χ2v) is 4.53. The smallest absolute Gasteiger partial charge is 0.122 e. The molecule has 2 rings (SSSR count). The molecular weight excluding hydrogens is 219 g/mol. The number of aromatic nitrogens is 2. The average Bonchev–Trinajstić information content (AvgIpc) is 2.27. The lowest BCUT2D eigenvalue weighted by molar-refractivity contribution is 0.235. The van der Waals surface area contributed by atoms with E-state index in [1.807, 2.05) is 6.07 Å². The van der Waals surface area contributed by atoms with Crippen molar-refractivity contribution in [3.05, 3.63) is 24.5 Å². The summed E-state index contributed by atoms with van der Waals surface area (Å²) in [6, 6.07) is 3.63. The lowest BCUT2D eigenvalue weighted by atomic mass is 10.1. The lowest BCUT2D eigenvalue weighted by Gasteiger charge is -2.17. The van der Waals surface area contributed by atoms with Crippen LogP contribution in [0.2, 0.25) is 0 Å². The van der Waals surface area contributed by atoms with E-state index >= 15 is 0 Å². The molecule has 0 bridgehead atoms. The van der Waals surface area contributed by atoms with E-state index in [1.54, 1.807) is 18.5 Å². The summed E-state index contributed by atoms with van der Waals surface area (Å²) in [7, 11) is 0. The van der Waals surface area contributed by atoms with E-state index in [0.29, 0.717) is 16.9 Å². The minimum absolute atomic E-state index is 0.178. The Kier molecular flexibility index (Phi) is 2.83. The van der Waals surface area contributed by atoms with E-state index < -0.39 is 5.67 Å². The van der Waals surface area contributed by atoms with Crippen molar-refractivity contribution in [2.45, 2.75) is 19.5 Å². The number of pyridine rings is 2. The van der Waals surface area contributed by atoms with Crippen LogP contribution in [0.5, 0.6) is 0 Å². The number of halogens is 1. The predicted octanol–water partition coefficient (Wildman–Crippen LogP) is 2.37. The van der Waals surface area contributed by atoms with Crippen molar-refractivity contribution in [2.75, 3.05) is 17.6 Å². The Balaban J connectivity index is 2.33. The largest absolute Gasteiger partial charge is 0.395 e. The van der Waals surface area contributed by atoms with Crippen molar-refractivity contribution in [2.24, 2.45) is 0 Å². The molecule has 0 saturated carbocycles. The highest BCUT2D eigenvalue weighted by atomic mass is 19.1. The molecule has 0 fully saturated rings. The molecule has 3 N–H and O–H groups in total. The molecule has 0 radical (unpaired) electrons. The molecule has 0 aliphatic carbocycles. The van der Waals surface area contributed by atoms with Gasteiger partial charge in [0.25, 0.3) is 0 Å². The number of nitrogens with one attached hydrogen (secondary N) is 1. The highest BCUT2D eigenvalue weighted by molar-refractivity contribution is 5.92. The minimum atomic E-state index is -1.30. The maximum atomic E-state index is 13.4. The van der Waals surface area contributed by atoms with Gasteiger partial charge in [-0.1, -0.05) is 0 Å². The minimum Gasteiger partial charge on any atom is -0.395 e. The fraction of sp³-hybridized carbons (Fsp3) is 0.333. The first-order valence-corrected chi connectivity index (χ1v) is 5.39. The zero-order valence-electron chi connectivity index (χ0n) is 9.87. The highest BCUT2D eigenvalue weighted by Crippen LogP contribution is 2.25. The standard InChI is InChI=1S/C12H15FN4/c1-12(2,13)7-17-9-6-16-8-4-3-5-15-11(8)10(9)14/h3-6,17H,7H2,1-2H3,(H2,14,16). The molecule has 0 saturated heterocycles. The monoisotopic (exact) mass is 234 g/mol. The van der Waals surface area contributed by atoms with Gasteiger partial charge in [-0.2, -0.15) is 0 Å². The van der Waals surface area contributed by atoms with E-state index in [0.717, 1.165) is 5.52 Å². The van der Waals surface area contributed by atoms with Gasteiger partial charge >= 0.3 is 0 Å². The van der Waals surface area contributed by atoms with Gasteiger partial charge in [-0.3, -0.25) is 9.97 Å². The molecule has 0 aromatic carbocycles. The Hall–Kier alpha value is -1.91. The fourth-order valence-electron chi connectivity index (χ4n) is 1.49. The van der Waals surface area contributed by atoms with Crippen LogP contribution in [0.1, 0.15) is 13.8 Å². The van der Waals surface area contributed by atoms with Gasteiger partial charge < -0.3 is 11.1 Å². The molecule has 2 aromatic rings. The zero-order valence-corrected chi connectivity index (χ0v) is 9.87. The first-order chi connectivity index (χ1) is 7.97. The van der Waals surface area contributed by atoms with Gasteiger partial charge in [0.2, 0.25) is 0 Å². The maximum absolute atomic E-state index is 13.4. The van der Waals surface area contributed by atoms with E-state index in [9.17, 15) is 4.39 Å². The number of alkyl halides is 1. The topological polar surface area (TPSA) is 63.8 Å². The number of nitrogens with zero attached hydrogens (tertiary/aromatic N) is 2. The highest BCUT2D eigenvalue weighted by Gasteiger charge is 2.16. The summed E-state index contributed by atoms with van der Waals surface area (Å²) in [5, 5.41) is 2.94. The molecule has 0 atom stereocenters. The quantitative estimate of drug-likeness (QED) is 0.855. The maximum Gasteiger partial charge on any atom is 0.122 e. The van der Waals surface area contributed by atoms with E-state index in [-0.39, 0.29) is 6.54 Å². The van der Waals surface area contributed by atoms with Crippen LogP contribution >= 0.6 is 0 Å². The molecular formula is C12H15FN4. The molecule has 2 heterocycles. The van der Waals surface area contributed by atoms with Crippen LogP contribution in [-0.4, -0.2) is 22.2 Å². The van der Waals surface area contributed by atoms with E-state index in [4.69, 9.17) is 5.73 Å². The molecule has 5 heteroatoms. The molecule has 0 amide bonds. The second-order valence-electron chi connectivity index (χ2n) is 4.53. The van der Waals surface area contributed by atoms with Crippen molar-refractivity contribution >= 4 is 22.4 Å². The van der Waals surface area contributed by atoms with Crippen molar-refractivity contribution in [3.8, 4) is 0 Å². The number of nitrogen functional groups attached to an aromatic ring is 1. The van der Waals surface area contributed by atoms with Crippen LogP contribution in [0.3, 0.4) is 0 Å². The van der Waals surface area contributed by atoms with Gasteiger partial charge in [-0.25, -0.2) is 4.39 Å². The van der Waals surface area contributed by atoms with Crippen molar-refractivity contribution in [3.63, 3.8) is 0 Å². The van der Waals surface area contributed by atoms with Gasteiger partial charge in [0, 0.05) is 12.7 Å². The van der Waals surface area contributed by atoms with Crippen molar-refractivity contribution in [1.82, 2.24) is 9.97 Å². The Morgan fingerprint density at radius 2 is 2.18 bits per heavy atom. The van der Waals surface area contributed by atoms with Crippen LogP contribution in [0, 0.1) is 0 Å². The molecule has 0 aliphatic rings. The van der Waals surface area contributed by atoms with Gasteiger partial charge in [0.1, 0.15) is 11.2 Å². The van der Waals surface area contributed by atoms with Gasteiger partial charge in [0.05, 0.1) is 23.1 Å². The molecule has 0 aliphatic heterocycles. The molecule has 0 unspecified atom stereocenters. The van der Waals surface area contributed by atoms with E-state index in [1.165, 1.54) is 13.8 Å². The third-order valence-corrected chi connectivity index (χ3v) is 2.36. The third-order valence-electron chi connectivity index (χ3n) is 2.36. The summed E-state index contributed by atoms with van der Waals surface area (Å²) in [6.07, 6.45) is 3.26. The van der Waals surface area contributed by atoms with E-state index in [2.05, 4.69) is 15.3 Å². The number of hydrogen-bond acceptors (Lipinski definition) is 4. The van der Waals surface area contributed by atoms with Gasteiger partial charge in [-0.15, -0.1) is 0 Å². The van der Waals surface area contributed by atoms with Gasteiger partial charge in [-0.05, 0) is 26.0 Å². The third kappa shape index (κ3) is 2.61. The van der Waals surface area contributed by atoms with Gasteiger partial charge in [0.15, 0.2) is 0 Å². The zero-order chi connectivity index (χ0) is 12.5. The molecule has 4 nitrogen and oxygen atoms in total. The SMILES string of the molecule is CC(C)(F)CNc1cnc2cccnc2c1N. The number of anilines is 2. The van der Waals surface area contributed by atoms with Crippen LogP contribution in [-0.2, 0) is 0 Å². The Morgan fingerprint density at radius 3 is 2.88 bits per heavy atom. The fourth-order valence-corrected chi connectivity index (χ4v) is 1.49. The number of rotatable bonds is 3. The van der Waals surface area contributed by atoms with Crippen LogP contribution in [0.15, 0.2) is 24.5 Å². The van der Waals surface area contributed by atoms with Crippen LogP contribution in [0.4, 0.5) is 15.8 Å². The van der Waals surface area contributed by atoms with Crippen LogP contribution in [0.25, 0.3) is 11.0 Å². The molecule has 0 spiro atoms.